The van der Waals surface area contributed by atoms with E-state index in [2.05, 4.69) is 6.07 Å². The van der Waals surface area contributed by atoms with Crippen LogP contribution in [-0.2, 0) is 11.3 Å². The van der Waals surface area contributed by atoms with Gasteiger partial charge in [-0.1, -0.05) is 18.2 Å². The van der Waals surface area contributed by atoms with Crippen LogP contribution >= 0.6 is 0 Å². The van der Waals surface area contributed by atoms with Gasteiger partial charge >= 0.3 is 0 Å². The van der Waals surface area contributed by atoms with Crippen molar-refractivity contribution in [1.82, 2.24) is 0 Å². The minimum absolute atomic E-state index is 0.538. The monoisotopic (exact) mass is 253 g/mol. The molecule has 2 aromatic carbocycles. The molecule has 0 heterocycles. The fourth-order valence-corrected chi connectivity index (χ4v) is 1.81. The first kappa shape index (κ1) is 13.1. The minimum atomic E-state index is 0.538. The van der Waals surface area contributed by atoms with Crippen LogP contribution in [0.25, 0.3) is 0 Å². The zero-order chi connectivity index (χ0) is 13.7. The zero-order valence-electron chi connectivity index (χ0n) is 11.0. The normalized spacial score (nSPS) is 9.95. The molecule has 0 aromatic heterocycles. The van der Waals surface area contributed by atoms with Crippen molar-refractivity contribution >= 4 is 0 Å². The molecule has 2 aromatic rings. The summed E-state index contributed by atoms with van der Waals surface area (Å²) in [7, 11) is 1.65. The van der Waals surface area contributed by atoms with E-state index in [1.807, 2.05) is 49.4 Å². The number of hydrogen-bond acceptors (Lipinski definition) is 3. The molecule has 0 amide bonds. The van der Waals surface area contributed by atoms with Gasteiger partial charge in [-0.15, -0.1) is 0 Å². The molecule has 2 rings (SSSR count). The predicted molar refractivity (Wildman–Crippen MR) is 73.1 cm³/mol. The second kappa shape index (κ2) is 6.03. The van der Waals surface area contributed by atoms with Crippen LogP contribution in [0.3, 0.4) is 0 Å². The molecule has 96 valence electrons. The topological polar surface area (TPSA) is 42.2 Å². The van der Waals surface area contributed by atoms with E-state index in [4.69, 9.17) is 14.7 Å². The Balaban J connectivity index is 2.26. The number of methoxy groups -OCH3 is 1. The molecule has 0 aliphatic carbocycles. The van der Waals surface area contributed by atoms with Crippen LogP contribution in [0.2, 0.25) is 0 Å². The van der Waals surface area contributed by atoms with Gasteiger partial charge in [-0.25, -0.2) is 0 Å². The van der Waals surface area contributed by atoms with Crippen molar-refractivity contribution in [2.75, 3.05) is 7.11 Å². The van der Waals surface area contributed by atoms with E-state index in [1.165, 1.54) is 0 Å². The molecule has 3 heteroatoms. The van der Waals surface area contributed by atoms with Gasteiger partial charge in [-0.2, -0.15) is 5.26 Å². The van der Waals surface area contributed by atoms with Crippen molar-refractivity contribution in [2.24, 2.45) is 0 Å². The third-order valence-electron chi connectivity index (χ3n) is 2.69. The second-order valence-corrected chi connectivity index (χ2v) is 4.29. The summed E-state index contributed by atoms with van der Waals surface area (Å²) >= 11 is 0. The maximum absolute atomic E-state index is 9.11. The third kappa shape index (κ3) is 3.34. The molecule has 0 spiro atoms. The van der Waals surface area contributed by atoms with Crippen LogP contribution in [0, 0.1) is 18.3 Å². The first-order valence-corrected chi connectivity index (χ1v) is 5.99. The van der Waals surface area contributed by atoms with E-state index in [9.17, 15) is 0 Å². The van der Waals surface area contributed by atoms with Crippen molar-refractivity contribution in [3.05, 3.63) is 59.2 Å². The Kier molecular flexibility index (Phi) is 4.17. The summed E-state index contributed by atoms with van der Waals surface area (Å²) in [6.45, 7) is 2.49. The minimum Gasteiger partial charge on any atom is -0.456 e. The highest BCUT2D eigenvalue weighted by Crippen LogP contribution is 2.26. The Morgan fingerprint density at radius 3 is 2.74 bits per heavy atom. The maximum atomic E-state index is 9.11. The van der Waals surface area contributed by atoms with Crippen LogP contribution in [-0.4, -0.2) is 7.11 Å². The quantitative estimate of drug-likeness (QED) is 0.832. The molecule has 0 saturated heterocycles. The first-order chi connectivity index (χ1) is 9.22. The van der Waals surface area contributed by atoms with Crippen LogP contribution < -0.4 is 4.74 Å². The lowest BCUT2D eigenvalue weighted by Crippen LogP contribution is -1.91. The van der Waals surface area contributed by atoms with E-state index in [-0.39, 0.29) is 0 Å². The number of nitriles is 1. The highest BCUT2D eigenvalue weighted by Gasteiger charge is 2.05. The predicted octanol–water partition coefficient (Wildman–Crippen LogP) is 3.81. The first-order valence-electron chi connectivity index (χ1n) is 5.99. The zero-order valence-corrected chi connectivity index (χ0v) is 11.0. The molecular formula is C16H15NO2. The number of nitrogens with zero attached hydrogens (tertiary/aromatic N) is 1. The van der Waals surface area contributed by atoms with Gasteiger partial charge in [0.2, 0.25) is 0 Å². The highest BCUT2D eigenvalue weighted by atomic mass is 16.5. The largest absolute Gasteiger partial charge is 0.456 e. The number of ether oxygens (including phenoxy) is 2. The lowest BCUT2D eigenvalue weighted by atomic mass is 10.1. The fraction of sp³-hybridized carbons (Fsp3) is 0.188. The van der Waals surface area contributed by atoms with Gasteiger partial charge in [0.1, 0.15) is 17.6 Å². The molecule has 0 N–H and O–H groups in total. The average Bonchev–Trinajstić information content (AvgIpc) is 2.41. The molecular weight excluding hydrogens is 238 g/mol. The van der Waals surface area contributed by atoms with E-state index < -0.39 is 0 Å². The van der Waals surface area contributed by atoms with Gasteiger partial charge in [0.25, 0.3) is 0 Å². The summed E-state index contributed by atoms with van der Waals surface area (Å²) in [6.07, 6.45) is 0. The van der Waals surface area contributed by atoms with Gasteiger partial charge < -0.3 is 9.47 Å². The van der Waals surface area contributed by atoms with Crippen LogP contribution in [0.15, 0.2) is 42.5 Å². The van der Waals surface area contributed by atoms with E-state index in [1.54, 1.807) is 7.11 Å². The molecule has 3 nitrogen and oxygen atoms in total. The summed E-state index contributed by atoms with van der Waals surface area (Å²) in [5, 5.41) is 9.11. The number of hydrogen-bond donors (Lipinski definition) is 0. The van der Waals surface area contributed by atoms with E-state index in [0.717, 1.165) is 11.1 Å². The van der Waals surface area contributed by atoms with Crippen molar-refractivity contribution < 1.29 is 9.47 Å². The fourth-order valence-electron chi connectivity index (χ4n) is 1.81. The Morgan fingerprint density at radius 1 is 1.16 bits per heavy atom. The van der Waals surface area contributed by atoms with Crippen molar-refractivity contribution in [1.29, 1.82) is 5.26 Å². The molecule has 0 fully saturated rings. The SMILES string of the molecule is COCc1cccc(Oc2ccc(C)cc2C#N)c1. The van der Waals surface area contributed by atoms with Gasteiger partial charge in [-0.05, 0) is 42.3 Å². The molecule has 0 aliphatic rings. The summed E-state index contributed by atoms with van der Waals surface area (Å²) < 4.78 is 10.9. The molecule has 0 atom stereocenters. The maximum Gasteiger partial charge on any atom is 0.145 e. The van der Waals surface area contributed by atoms with Crippen LogP contribution in [0.4, 0.5) is 0 Å². The molecule has 0 saturated carbocycles. The summed E-state index contributed by atoms with van der Waals surface area (Å²) in [6, 6.07) is 15.3. The summed E-state index contributed by atoms with van der Waals surface area (Å²) in [5.74, 6) is 1.28. The Morgan fingerprint density at radius 2 is 2.00 bits per heavy atom. The average molecular weight is 253 g/mol. The number of aryl methyl sites for hydroxylation is 1. The molecule has 0 unspecified atom stereocenters. The molecule has 19 heavy (non-hydrogen) atoms. The van der Waals surface area contributed by atoms with Gasteiger partial charge in [0, 0.05) is 7.11 Å². The molecule has 0 radical (unpaired) electrons. The smallest absolute Gasteiger partial charge is 0.145 e. The van der Waals surface area contributed by atoms with Crippen LogP contribution in [0.5, 0.6) is 11.5 Å². The van der Waals surface area contributed by atoms with Crippen molar-refractivity contribution in [3.63, 3.8) is 0 Å². The van der Waals surface area contributed by atoms with Gasteiger partial charge in [-0.3, -0.25) is 0 Å². The standard InChI is InChI=1S/C16H15NO2/c1-12-6-7-16(14(8-12)10-17)19-15-5-3-4-13(9-15)11-18-2/h3-9H,11H2,1-2H3. The van der Waals surface area contributed by atoms with Crippen molar-refractivity contribution in [3.8, 4) is 17.6 Å². The lowest BCUT2D eigenvalue weighted by Gasteiger charge is -2.09. The number of rotatable bonds is 4. The summed E-state index contributed by atoms with van der Waals surface area (Å²) in [4.78, 5) is 0. The highest BCUT2D eigenvalue weighted by molar-refractivity contribution is 5.47. The Hall–Kier alpha value is -2.31. The number of benzene rings is 2. The third-order valence-corrected chi connectivity index (χ3v) is 2.69. The Labute approximate surface area is 113 Å². The van der Waals surface area contributed by atoms with Gasteiger partial charge in [0.15, 0.2) is 0 Å². The van der Waals surface area contributed by atoms with E-state index >= 15 is 0 Å². The second-order valence-electron chi connectivity index (χ2n) is 4.29. The lowest BCUT2D eigenvalue weighted by molar-refractivity contribution is 0.184. The molecule has 0 bridgehead atoms. The van der Waals surface area contributed by atoms with E-state index in [0.29, 0.717) is 23.7 Å². The summed E-state index contributed by atoms with van der Waals surface area (Å²) in [5.41, 5.74) is 2.61. The van der Waals surface area contributed by atoms with Crippen molar-refractivity contribution in [2.45, 2.75) is 13.5 Å². The Bertz CT molecular complexity index is 614. The van der Waals surface area contributed by atoms with Gasteiger partial charge in [0.05, 0.1) is 12.2 Å². The van der Waals surface area contributed by atoms with Crippen LogP contribution in [0.1, 0.15) is 16.7 Å². The molecule has 0 aliphatic heterocycles.